The molecule has 10 heteroatoms. The lowest BCUT2D eigenvalue weighted by Gasteiger charge is -2.33. The number of hydrogen-bond donors (Lipinski definition) is 2. The number of hydrogen-bond acceptors (Lipinski definition) is 7. The van der Waals surface area contributed by atoms with Crippen LogP contribution in [-0.2, 0) is 4.79 Å². The van der Waals surface area contributed by atoms with Crippen molar-refractivity contribution in [1.82, 2.24) is 14.9 Å². The monoisotopic (exact) mass is 536 g/mol. The maximum Gasteiger partial charge on any atom is 0.294 e. The van der Waals surface area contributed by atoms with Crippen LogP contribution in [0.15, 0.2) is 34.9 Å². The van der Waals surface area contributed by atoms with Crippen LogP contribution in [0.4, 0.5) is 17.3 Å². The molecule has 3 fully saturated rings. The largest absolute Gasteiger partial charge is 0.447 e. The number of anilines is 3. The lowest BCUT2D eigenvalue weighted by molar-refractivity contribution is -0.121. The first-order valence-electron chi connectivity index (χ1n) is 13.7. The van der Waals surface area contributed by atoms with Gasteiger partial charge in [0.2, 0.25) is 11.7 Å². The minimum absolute atomic E-state index is 0.0157. The predicted molar refractivity (Wildman–Crippen MR) is 148 cm³/mol. The fourth-order valence-corrected chi connectivity index (χ4v) is 6.13. The number of carbonyl (C=O) groups is 2. The number of nitrogens with zero attached hydrogens (tertiary/aromatic N) is 4. The average molecular weight is 537 g/mol. The highest BCUT2D eigenvalue weighted by Crippen LogP contribution is 2.35. The predicted octanol–water partition coefficient (Wildman–Crippen LogP) is 5.32. The maximum atomic E-state index is 13.5. The van der Waals surface area contributed by atoms with Crippen molar-refractivity contribution >= 4 is 51.8 Å². The van der Waals surface area contributed by atoms with Gasteiger partial charge in [0, 0.05) is 31.2 Å². The number of likely N-dealkylation sites (tertiary alicyclic amines) is 1. The van der Waals surface area contributed by atoms with Gasteiger partial charge in [-0.15, -0.1) is 0 Å². The Morgan fingerprint density at radius 3 is 2.37 bits per heavy atom. The summed E-state index contributed by atoms with van der Waals surface area (Å²) in [6, 6.07) is 7.57. The highest BCUT2D eigenvalue weighted by molar-refractivity contribution is 6.30. The summed E-state index contributed by atoms with van der Waals surface area (Å²) in [5, 5.41) is 6.27. The van der Waals surface area contributed by atoms with Crippen LogP contribution < -0.4 is 15.5 Å². The van der Waals surface area contributed by atoms with Gasteiger partial charge < -0.3 is 24.9 Å². The van der Waals surface area contributed by atoms with E-state index in [1.807, 2.05) is 12.1 Å². The first kappa shape index (κ1) is 25.1. The molecule has 6 rings (SSSR count). The molecule has 1 saturated carbocycles. The molecule has 2 aliphatic heterocycles. The van der Waals surface area contributed by atoms with Gasteiger partial charge in [-0.1, -0.05) is 11.6 Å². The third-order valence-corrected chi connectivity index (χ3v) is 8.32. The SMILES string of the molecule is O=C(Nc1ccc(Cl)cn1)c1oc2ccc(N3CCCC3)nc2c1NC(=O)[C@H]1CC[C@H](N2CCCC2)CC1. The molecule has 0 unspecified atom stereocenters. The van der Waals surface area contributed by atoms with Crippen molar-refractivity contribution in [2.24, 2.45) is 5.92 Å². The van der Waals surface area contributed by atoms with E-state index in [0.29, 0.717) is 33.7 Å². The van der Waals surface area contributed by atoms with Gasteiger partial charge in [-0.25, -0.2) is 9.97 Å². The second-order valence-corrected chi connectivity index (χ2v) is 11.0. The van der Waals surface area contributed by atoms with Crippen molar-refractivity contribution in [3.63, 3.8) is 0 Å². The zero-order valence-electron chi connectivity index (χ0n) is 21.4. The van der Waals surface area contributed by atoms with Crippen molar-refractivity contribution < 1.29 is 14.0 Å². The smallest absolute Gasteiger partial charge is 0.294 e. The summed E-state index contributed by atoms with van der Waals surface area (Å²) in [4.78, 5) is 40.6. The van der Waals surface area contributed by atoms with E-state index in [2.05, 4.69) is 25.4 Å². The number of aromatic nitrogens is 2. The maximum absolute atomic E-state index is 13.5. The Balaban J connectivity index is 1.26. The van der Waals surface area contributed by atoms with Gasteiger partial charge >= 0.3 is 0 Å². The van der Waals surface area contributed by atoms with Gasteiger partial charge in [-0.05, 0) is 88.7 Å². The minimum Gasteiger partial charge on any atom is -0.447 e. The van der Waals surface area contributed by atoms with Gasteiger partial charge in [0.25, 0.3) is 5.91 Å². The third-order valence-electron chi connectivity index (χ3n) is 8.10. The molecule has 0 atom stereocenters. The van der Waals surface area contributed by atoms with Gasteiger partial charge in [0.15, 0.2) is 5.58 Å². The standard InChI is InChI=1S/C28H33ClN6O3/c29-19-7-11-22(30-17-19)31-28(37)26-25(24-21(38-26)10-12-23(32-24)35-15-3-4-16-35)33-27(36)18-5-8-20(9-6-18)34-13-1-2-14-34/h7,10-12,17-18,20H,1-6,8-9,13-16H2,(H,33,36)(H,30,31,37)/t18-,20-. The molecule has 3 aromatic rings. The van der Waals surface area contributed by atoms with Crippen molar-refractivity contribution in [1.29, 1.82) is 0 Å². The molecule has 200 valence electrons. The number of amides is 2. The number of carbonyl (C=O) groups excluding carboxylic acids is 2. The number of furan rings is 1. The normalized spacial score (nSPS) is 22.2. The molecule has 0 spiro atoms. The molecule has 2 amide bonds. The van der Waals surface area contributed by atoms with E-state index in [-0.39, 0.29) is 17.6 Å². The molecular formula is C28H33ClN6O3. The number of pyridine rings is 2. The summed E-state index contributed by atoms with van der Waals surface area (Å²) in [7, 11) is 0. The van der Waals surface area contributed by atoms with Gasteiger partial charge in [-0.3, -0.25) is 9.59 Å². The molecule has 1 aliphatic carbocycles. The molecule has 2 saturated heterocycles. The van der Waals surface area contributed by atoms with E-state index < -0.39 is 5.91 Å². The molecule has 38 heavy (non-hydrogen) atoms. The van der Waals surface area contributed by atoms with Crippen LogP contribution in [0.3, 0.4) is 0 Å². The first-order chi connectivity index (χ1) is 18.5. The summed E-state index contributed by atoms with van der Waals surface area (Å²) in [6.07, 6.45) is 9.98. The Kier molecular flexibility index (Phi) is 7.21. The molecule has 9 nitrogen and oxygen atoms in total. The van der Waals surface area contributed by atoms with Crippen LogP contribution in [0.25, 0.3) is 11.1 Å². The van der Waals surface area contributed by atoms with Crippen LogP contribution in [0.1, 0.15) is 61.9 Å². The van der Waals surface area contributed by atoms with Crippen LogP contribution in [-0.4, -0.2) is 58.9 Å². The molecule has 5 heterocycles. The van der Waals surface area contributed by atoms with Crippen molar-refractivity contribution in [3.05, 3.63) is 41.2 Å². The zero-order valence-corrected chi connectivity index (χ0v) is 22.2. The fourth-order valence-electron chi connectivity index (χ4n) is 6.02. The summed E-state index contributed by atoms with van der Waals surface area (Å²) in [5.74, 6) is 0.483. The Morgan fingerprint density at radius 2 is 1.66 bits per heavy atom. The Labute approximate surface area is 226 Å². The molecule has 0 aromatic carbocycles. The van der Waals surface area contributed by atoms with Crippen molar-refractivity contribution in [2.45, 2.75) is 57.4 Å². The molecule has 3 aromatic heterocycles. The number of rotatable bonds is 6. The number of halogens is 1. The van der Waals surface area contributed by atoms with E-state index in [9.17, 15) is 9.59 Å². The van der Waals surface area contributed by atoms with Gasteiger partial charge in [0.1, 0.15) is 22.8 Å². The lowest BCUT2D eigenvalue weighted by Crippen LogP contribution is -2.38. The van der Waals surface area contributed by atoms with Gasteiger partial charge in [-0.2, -0.15) is 0 Å². The summed E-state index contributed by atoms with van der Waals surface area (Å²) >= 11 is 5.93. The Hall–Kier alpha value is -3.17. The van der Waals surface area contributed by atoms with Crippen LogP contribution >= 0.6 is 11.6 Å². The highest BCUT2D eigenvalue weighted by Gasteiger charge is 2.32. The second kappa shape index (κ2) is 10.9. The first-order valence-corrected chi connectivity index (χ1v) is 14.1. The van der Waals surface area contributed by atoms with E-state index >= 15 is 0 Å². The number of nitrogens with one attached hydrogen (secondary N) is 2. The molecule has 3 aliphatic rings. The lowest BCUT2D eigenvalue weighted by atomic mass is 9.85. The van der Waals surface area contributed by atoms with E-state index in [0.717, 1.165) is 57.4 Å². The quantitative estimate of drug-likeness (QED) is 0.439. The molecule has 2 N–H and O–H groups in total. The average Bonchev–Trinajstić information content (AvgIpc) is 3.72. The van der Waals surface area contributed by atoms with Crippen LogP contribution in [0, 0.1) is 5.92 Å². The molecular weight excluding hydrogens is 504 g/mol. The van der Waals surface area contributed by atoms with Crippen LogP contribution in [0.5, 0.6) is 0 Å². The minimum atomic E-state index is -0.506. The second-order valence-electron chi connectivity index (χ2n) is 10.6. The molecule has 0 bridgehead atoms. The fraction of sp³-hybridized carbons (Fsp3) is 0.500. The summed E-state index contributed by atoms with van der Waals surface area (Å²) in [6.45, 7) is 4.23. The van der Waals surface area contributed by atoms with E-state index in [1.54, 1.807) is 12.1 Å². The highest BCUT2D eigenvalue weighted by atomic mass is 35.5. The Morgan fingerprint density at radius 1 is 0.921 bits per heavy atom. The zero-order chi connectivity index (χ0) is 26.1. The Bertz CT molecular complexity index is 1310. The molecule has 0 radical (unpaired) electrons. The summed E-state index contributed by atoms with van der Waals surface area (Å²) < 4.78 is 5.98. The van der Waals surface area contributed by atoms with Gasteiger partial charge in [0.05, 0.1) is 5.02 Å². The topological polar surface area (TPSA) is 104 Å². The van der Waals surface area contributed by atoms with Crippen molar-refractivity contribution in [2.75, 3.05) is 41.7 Å². The van der Waals surface area contributed by atoms with E-state index in [1.165, 1.54) is 32.1 Å². The van der Waals surface area contributed by atoms with Crippen molar-refractivity contribution in [3.8, 4) is 0 Å². The summed E-state index contributed by atoms with van der Waals surface area (Å²) in [5.41, 5.74) is 1.26. The van der Waals surface area contributed by atoms with E-state index in [4.69, 9.17) is 21.0 Å². The van der Waals surface area contributed by atoms with Crippen LogP contribution in [0.2, 0.25) is 5.02 Å². The number of fused-ring (bicyclic) bond motifs is 1. The third kappa shape index (κ3) is 5.22.